The van der Waals surface area contributed by atoms with Crippen molar-refractivity contribution in [2.24, 2.45) is 5.92 Å². The maximum atomic E-state index is 12.4. The van der Waals surface area contributed by atoms with Crippen molar-refractivity contribution in [2.75, 3.05) is 51.1 Å². The van der Waals surface area contributed by atoms with Crippen molar-refractivity contribution in [3.63, 3.8) is 0 Å². The number of carbonyl (C=O) groups excluding carboxylic acids is 2. The van der Waals surface area contributed by atoms with Gasteiger partial charge in [0.15, 0.2) is 24.1 Å². The lowest BCUT2D eigenvalue weighted by atomic mass is 9.88. The molecule has 6 rings (SSSR count). The second-order valence-electron chi connectivity index (χ2n) is 15.3. The lowest BCUT2D eigenvalue weighted by Crippen LogP contribution is -2.36. The topological polar surface area (TPSA) is 344 Å². The standard InChI is InChI=1S/C36H56N10O14S2/c37-30(32-39-17-45(43-32)34-28(52)26(50)23(13-47)59-34)41-25(49)16-57-22-7-5-21(6-8-22)56-10-12-62-61-11-9-55-20-3-1-19(2-4-20)15-58-36(54)42-31(38)33-40-18-46(44-33)35-29(53)27(51)24(14-48)60-35/h17-24,26-29,34-35,47-48,50-53H,1-16H2,(H2,37,41,49)(H2,38,42,54). The average molecular weight is 917 g/mol. The van der Waals surface area contributed by atoms with Gasteiger partial charge < -0.3 is 64.4 Å². The molecule has 2 saturated carbocycles. The molecule has 0 aromatic carbocycles. The molecule has 2 aromatic heterocycles. The molecular formula is C36H56N10O14S2. The molecule has 0 spiro atoms. The molecule has 2 amide bonds. The highest BCUT2D eigenvalue weighted by molar-refractivity contribution is 8.76. The van der Waals surface area contributed by atoms with Gasteiger partial charge >= 0.3 is 6.09 Å². The molecule has 2 saturated heterocycles. The first-order valence-corrected chi connectivity index (χ1v) is 23.0. The fourth-order valence-electron chi connectivity index (χ4n) is 7.48. The average Bonchev–Trinajstić information content (AvgIpc) is 4.08. The summed E-state index contributed by atoms with van der Waals surface area (Å²) in [4.78, 5) is 32.7. The van der Waals surface area contributed by atoms with E-state index in [0.29, 0.717) is 13.2 Å². The van der Waals surface area contributed by atoms with Crippen LogP contribution in [0.25, 0.3) is 0 Å². The lowest BCUT2D eigenvalue weighted by Gasteiger charge is -2.28. The second-order valence-corrected chi connectivity index (χ2v) is 18.0. The molecular weight excluding hydrogens is 861 g/mol. The molecule has 346 valence electrons. The van der Waals surface area contributed by atoms with Crippen molar-refractivity contribution in [3.8, 4) is 0 Å². The van der Waals surface area contributed by atoms with Crippen LogP contribution in [-0.2, 0) is 33.2 Å². The molecule has 4 heterocycles. The Balaban J connectivity index is 0.730. The zero-order valence-corrected chi connectivity index (χ0v) is 35.5. The molecule has 2 aromatic rings. The smallest absolute Gasteiger partial charge is 0.412 e. The van der Waals surface area contributed by atoms with Crippen LogP contribution in [0.1, 0.15) is 75.5 Å². The summed E-state index contributed by atoms with van der Waals surface area (Å²) in [5, 5.41) is 87.8. The normalized spacial score (nSPS) is 31.2. The Morgan fingerprint density at radius 2 is 1.15 bits per heavy atom. The predicted octanol–water partition coefficient (Wildman–Crippen LogP) is -1.41. The number of alkyl carbamates (subject to hydrolysis) is 1. The van der Waals surface area contributed by atoms with Crippen LogP contribution >= 0.6 is 21.6 Å². The molecule has 8 unspecified atom stereocenters. The Bertz CT molecular complexity index is 1640. The van der Waals surface area contributed by atoms with Crippen molar-refractivity contribution in [1.82, 2.24) is 40.2 Å². The number of carbonyl (C=O) groups is 2. The first kappa shape index (κ1) is 48.1. The Morgan fingerprint density at radius 1 is 0.694 bits per heavy atom. The van der Waals surface area contributed by atoms with Crippen LogP contribution in [0.2, 0.25) is 0 Å². The molecule has 4 fully saturated rings. The van der Waals surface area contributed by atoms with E-state index in [9.17, 15) is 40.2 Å². The van der Waals surface area contributed by atoms with Crippen LogP contribution in [0.4, 0.5) is 4.79 Å². The number of ether oxygens (including phenoxy) is 6. The quantitative estimate of drug-likeness (QED) is 0.0316. The van der Waals surface area contributed by atoms with Crippen molar-refractivity contribution in [1.29, 1.82) is 10.8 Å². The van der Waals surface area contributed by atoms with Crippen LogP contribution in [0.15, 0.2) is 12.7 Å². The van der Waals surface area contributed by atoms with Crippen LogP contribution in [0.3, 0.4) is 0 Å². The third-order valence-electron chi connectivity index (χ3n) is 11.0. The van der Waals surface area contributed by atoms with E-state index in [1.165, 1.54) is 12.7 Å². The minimum Gasteiger partial charge on any atom is -0.449 e. The van der Waals surface area contributed by atoms with Crippen molar-refractivity contribution in [2.45, 2.75) is 119 Å². The number of amides is 2. The van der Waals surface area contributed by atoms with E-state index in [0.717, 1.165) is 72.2 Å². The zero-order chi connectivity index (χ0) is 44.2. The summed E-state index contributed by atoms with van der Waals surface area (Å²) < 4.78 is 36.3. The van der Waals surface area contributed by atoms with Gasteiger partial charge in [0, 0.05) is 11.5 Å². The fraction of sp³-hybridized carbons (Fsp3) is 0.778. The molecule has 0 bridgehead atoms. The maximum Gasteiger partial charge on any atom is 0.412 e. The van der Waals surface area contributed by atoms with Crippen LogP contribution in [-0.4, -0.2) is 190 Å². The number of aliphatic hydroxyl groups excluding tert-OH is 6. The van der Waals surface area contributed by atoms with Crippen LogP contribution in [0.5, 0.6) is 0 Å². The number of hydrogen-bond donors (Lipinski definition) is 10. The van der Waals surface area contributed by atoms with E-state index >= 15 is 0 Å². The van der Waals surface area contributed by atoms with Crippen molar-refractivity contribution < 1.29 is 68.6 Å². The predicted molar refractivity (Wildman–Crippen MR) is 217 cm³/mol. The fourth-order valence-corrected chi connectivity index (χ4v) is 9.16. The van der Waals surface area contributed by atoms with Gasteiger partial charge in [0.2, 0.25) is 11.6 Å². The molecule has 24 nitrogen and oxygen atoms in total. The van der Waals surface area contributed by atoms with Gasteiger partial charge in [-0.15, -0.1) is 10.2 Å². The number of aliphatic hydroxyl groups is 6. The number of rotatable bonds is 20. The summed E-state index contributed by atoms with van der Waals surface area (Å²) in [6.45, 7) is 0.246. The van der Waals surface area contributed by atoms with Gasteiger partial charge in [0.1, 0.15) is 55.9 Å². The third kappa shape index (κ3) is 13.1. The Labute approximate surface area is 364 Å². The van der Waals surface area contributed by atoms with Gasteiger partial charge in [0.25, 0.3) is 5.91 Å². The minimum atomic E-state index is -1.36. The van der Waals surface area contributed by atoms with Crippen LogP contribution in [0, 0.1) is 16.7 Å². The number of nitrogens with zero attached hydrogens (tertiary/aromatic N) is 6. The molecule has 10 N–H and O–H groups in total. The molecule has 26 heteroatoms. The number of amidine groups is 2. The third-order valence-corrected chi connectivity index (χ3v) is 13.3. The SMILES string of the molecule is N=C(NC(=O)COC1CCC(OCCSSCCOC2CCC(COC(=O)NC(=N)c3ncn(C4OC(CO)C(O)C4O)n3)CC2)CC1)c1ncn(C2OC(CO)C(O)C2O)n1. The van der Waals surface area contributed by atoms with E-state index in [1.807, 2.05) is 0 Å². The number of aromatic nitrogens is 6. The molecule has 2 aliphatic carbocycles. The minimum absolute atomic E-state index is 0.0977. The molecule has 62 heavy (non-hydrogen) atoms. The van der Waals surface area contributed by atoms with Gasteiger partial charge in [-0.3, -0.25) is 20.9 Å². The molecule has 2 aliphatic heterocycles. The summed E-state index contributed by atoms with van der Waals surface area (Å²) in [6.07, 6.45) is -1.18. The molecule has 0 radical (unpaired) electrons. The number of hydrogen-bond acceptors (Lipinski definition) is 22. The Morgan fingerprint density at radius 3 is 1.61 bits per heavy atom. The summed E-state index contributed by atoms with van der Waals surface area (Å²) >= 11 is 0. The van der Waals surface area contributed by atoms with E-state index in [1.54, 1.807) is 21.6 Å². The highest BCUT2D eigenvalue weighted by Crippen LogP contribution is 2.31. The summed E-state index contributed by atoms with van der Waals surface area (Å²) in [6, 6.07) is 0. The van der Waals surface area contributed by atoms with Gasteiger partial charge in [0.05, 0.1) is 51.3 Å². The van der Waals surface area contributed by atoms with E-state index in [4.69, 9.17) is 39.2 Å². The van der Waals surface area contributed by atoms with Gasteiger partial charge in [-0.05, 0) is 57.3 Å². The second kappa shape index (κ2) is 23.5. The number of nitrogens with one attached hydrogen (secondary N) is 4. The maximum absolute atomic E-state index is 12.4. The first-order valence-electron chi connectivity index (χ1n) is 20.5. The van der Waals surface area contributed by atoms with E-state index in [-0.39, 0.29) is 54.9 Å². The lowest BCUT2D eigenvalue weighted by molar-refractivity contribution is -0.127. The highest BCUT2D eigenvalue weighted by atomic mass is 33.1. The largest absolute Gasteiger partial charge is 0.449 e. The van der Waals surface area contributed by atoms with Crippen molar-refractivity contribution in [3.05, 3.63) is 24.3 Å². The van der Waals surface area contributed by atoms with Crippen molar-refractivity contribution >= 4 is 45.3 Å². The zero-order valence-electron chi connectivity index (χ0n) is 33.8. The van der Waals surface area contributed by atoms with Gasteiger partial charge in [-0.2, -0.15) is 0 Å². The van der Waals surface area contributed by atoms with Crippen LogP contribution < -0.4 is 10.6 Å². The van der Waals surface area contributed by atoms with E-state index in [2.05, 4.69) is 30.8 Å². The Hall–Kier alpha value is -3.38. The van der Waals surface area contributed by atoms with Gasteiger partial charge in [-0.1, -0.05) is 21.6 Å². The highest BCUT2D eigenvalue weighted by Gasteiger charge is 2.45. The molecule has 8 atom stereocenters. The Kier molecular flexibility index (Phi) is 18.2. The summed E-state index contributed by atoms with van der Waals surface area (Å²) in [7, 11) is 3.48. The van der Waals surface area contributed by atoms with E-state index < -0.39 is 80.1 Å². The monoisotopic (exact) mass is 916 g/mol. The summed E-state index contributed by atoms with van der Waals surface area (Å²) in [5.41, 5.74) is 0. The summed E-state index contributed by atoms with van der Waals surface area (Å²) in [5.74, 6) is 0.316. The van der Waals surface area contributed by atoms with Gasteiger partial charge in [-0.25, -0.2) is 24.1 Å². The first-order chi connectivity index (χ1) is 29.9. The molecule has 4 aliphatic rings.